The molecule has 1 aromatic carbocycles. The Hall–Kier alpha value is -2.18. The molecule has 120 valence electrons. The van der Waals surface area contributed by atoms with Gasteiger partial charge >= 0.3 is 6.03 Å². The number of carbonyl (C=O) groups excluding carboxylic acids is 2. The van der Waals surface area contributed by atoms with Crippen LogP contribution >= 0.6 is 0 Å². The molecule has 0 aliphatic carbocycles. The second kappa shape index (κ2) is 7.20. The summed E-state index contributed by atoms with van der Waals surface area (Å²) in [4.78, 5) is 27.1. The van der Waals surface area contributed by atoms with Crippen molar-refractivity contribution in [3.8, 4) is 0 Å². The van der Waals surface area contributed by atoms with Crippen LogP contribution < -0.4 is 5.32 Å². The van der Waals surface area contributed by atoms with Crippen LogP contribution in [0.3, 0.4) is 0 Å². The zero-order chi connectivity index (χ0) is 16.1. The quantitative estimate of drug-likeness (QED) is 0.926. The number of nitrogens with zero attached hydrogens (tertiary/aromatic N) is 2. The third-order valence-corrected chi connectivity index (χ3v) is 3.54. The number of benzene rings is 1. The maximum Gasteiger partial charge on any atom is 0.317 e. The van der Waals surface area contributed by atoms with Crippen molar-refractivity contribution in [2.24, 2.45) is 0 Å². The van der Waals surface area contributed by atoms with E-state index in [-0.39, 0.29) is 11.6 Å². The molecule has 5 nitrogen and oxygen atoms in total. The Kier molecular flexibility index (Phi) is 5.30. The lowest BCUT2D eigenvalue weighted by Crippen LogP contribution is -2.53. The monoisotopic (exact) mass is 311 g/mol. The van der Waals surface area contributed by atoms with E-state index in [1.807, 2.05) is 6.92 Å². The van der Waals surface area contributed by atoms with Gasteiger partial charge in [0.15, 0.2) is 0 Å². The van der Waals surface area contributed by atoms with Gasteiger partial charge in [-0.15, -0.1) is 0 Å². The first-order valence-electron chi connectivity index (χ1n) is 7.30. The van der Waals surface area contributed by atoms with Gasteiger partial charge in [-0.25, -0.2) is 13.6 Å². The lowest BCUT2D eigenvalue weighted by molar-refractivity contribution is 0.0660. The van der Waals surface area contributed by atoms with E-state index in [0.717, 1.165) is 24.6 Å². The van der Waals surface area contributed by atoms with Crippen LogP contribution in [0, 0.1) is 11.6 Å². The van der Waals surface area contributed by atoms with E-state index in [4.69, 9.17) is 0 Å². The van der Waals surface area contributed by atoms with E-state index in [1.54, 1.807) is 4.90 Å². The van der Waals surface area contributed by atoms with Crippen molar-refractivity contribution in [1.29, 1.82) is 0 Å². The lowest BCUT2D eigenvalue weighted by Gasteiger charge is -2.34. The summed E-state index contributed by atoms with van der Waals surface area (Å²) >= 11 is 0. The van der Waals surface area contributed by atoms with Crippen LogP contribution in [0.25, 0.3) is 0 Å². The highest BCUT2D eigenvalue weighted by Crippen LogP contribution is 2.14. The Morgan fingerprint density at radius 3 is 2.41 bits per heavy atom. The Bertz CT molecular complexity index is 558. The van der Waals surface area contributed by atoms with E-state index in [2.05, 4.69) is 5.32 Å². The summed E-state index contributed by atoms with van der Waals surface area (Å²) in [7, 11) is 0. The van der Waals surface area contributed by atoms with E-state index in [1.165, 1.54) is 4.90 Å². The summed E-state index contributed by atoms with van der Waals surface area (Å²) in [6, 6.07) is 2.66. The number of rotatable bonds is 3. The van der Waals surface area contributed by atoms with Gasteiger partial charge in [0.25, 0.3) is 5.91 Å². The Morgan fingerprint density at radius 2 is 1.77 bits per heavy atom. The van der Waals surface area contributed by atoms with Crippen molar-refractivity contribution in [2.75, 3.05) is 32.7 Å². The van der Waals surface area contributed by atoms with Crippen LogP contribution in [0.15, 0.2) is 18.2 Å². The number of piperazine rings is 1. The predicted molar refractivity (Wildman–Crippen MR) is 77.5 cm³/mol. The normalized spacial score (nSPS) is 14.9. The molecule has 0 bridgehead atoms. The fraction of sp³-hybridized carbons (Fsp3) is 0.467. The first-order valence-corrected chi connectivity index (χ1v) is 7.30. The van der Waals surface area contributed by atoms with Crippen molar-refractivity contribution in [2.45, 2.75) is 13.3 Å². The molecule has 1 saturated heterocycles. The fourth-order valence-electron chi connectivity index (χ4n) is 2.29. The molecule has 22 heavy (non-hydrogen) atoms. The summed E-state index contributed by atoms with van der Waals surface area (Å²) in [5.74, 6) is -1.94. The zero-order valence-electron chi connectivity index (χ0n) is 12.4. The van der Waals surface area contributed by atoms with Crippen molar-refractivity contribution >= 4 is 11.9 Å². The van der Waals surface area contributed by atoms with Crippen molar-refractivity contribution in [1.82, 2.24) is 15.1 Å². The third-order valence-electron chi connectivity index (χ3n) is 3.54. The highest BCUT2D eigenvalue weighted by atomic mass is 19.1. The minimum Gasteiger partial charge on any atom is -0.338 e. The number of carbonyl (C=O) groups is 2. The first-order chi connectivity index (χ1) is 10.5. The van der Waals surface area contributed by atoms with Gasteiger partial charge in [-0.3, -0.25) is 4.79 Å². The van der Waals surface area contributed by atoms with Crippen LogP contribution in [0.1, 0.15) is 23.7 Å². The number of urea groups is 1. The minimum absolute atomic E-state index is 0.161. The molecule has 7 heteroatoms. The fourth-order valence-corrected chi connectivity index (χ4v) is 2.29. The number of hydrogen-bond acceptors (Lipinski definition) is 2. The Balaban J connectivity index is 1.95. The number of halogens is 2. The highest BCUT2D eigenvalue weighted by Gasteiger charge is 2.26. The maximum absolute atomic E-state index is 13.6. The summed E-state index contributed by atoms with van der Waals surface area (Å²) < 4.78 is 26.8. The lowest BCUT2D eigenvalue weighted by atomic mass is 10.1. The molecular weight excluding hydrogens is 292 g/mol. The summed E-state index contributed by atoms with van der Waals surface area (Å²) in [5, 5.41) is 2.77. The number of hydrogen-bond donors (Lipinski definition) is 1. The van der Waals surface area contributed by atoms with Gasteiger partial charge in [-0.1, -0.05) is 6.92 Å². The number of amides is 3. The predicted octanol–water partition coefficient (Wildman–Crippen LogP) is 1.84. The summed E-state index contributed by atoms with van der Waals surface area (Å²) in [5.41, 5.74) is -0.274. The molecule has 0 saturated carbocycles. The minimum atomic E-state index is -0.741. The van der Waals surface area contributed by atoms with Gasteiger partial charge in [0.1, 0.15) is 11.6 Å². The molecular formula is C15H19F2N3O2. The largest absolute Gasteiger partial charge is 0.338 e. The Morgan fingerprint density at radius 1 is 1.14 bits per heavy atom. The summed E-state index contributed by atoms with van der Waals surface area (Å²) in [6.45, 7) is 3.91. The Labute approximate surface area is 127 Å². The van der Waals surface area contributed by atoms with Crippen LogP contribution in [0.2, 0.25) is 0 Å². The topological polar surface area (TPSA) is 52.7 Å². The number of nitrogens with one attached hydrogen (secondary N) is 1. The molecule has 1 N–H and O–H groups in total. The first kappa shape index (κ1) is 16.2. The summed E-state index contributed by atoms with van der Waals surface area (Å²) in [6.07, 6.45) is 0.850. The van der Waals surface area contributed by atoms with Crippen molar-refractivity contribution in [3.05, 3.63) is 35.4 Å². The van der Waals surface area contributed by atoms with Gasteiger partial charge in [-0.2, -0.15) is 0 Å². The van der Waals surface area contributed by atoms with Gasteiger partial charge in [0.2, 0.25) is 0 Å². The van der Waals surface area contributed by atoms with Crippen LogP contribution in [-0.2, 0) is 0 Å². The highest BCUT2D eigenvalue weighted by molar-refractivity contribution is 5.94. The molecule has 0 spiro atoms. The average molecular weight is 311 g/mol. The standard InChI is InChI=1S/C15H19F2N3O2/c1-2-5-18-15(22)20-8-6-19(7-9-20)14(21)12-10-11(16)3-4-13(12)17/h3-4,10H,2,5-9H2,1H3,(H,18,22). The van der Waals surface area contributed by atoms with Gasteiger partial charge in [0.05, 0.1) is 5.56 Å². The zero-order valence-corrected chi connectivity index (χ0v) is 12.4. The van der Waals surface area contributed by atoms with E-state index in [0.29, 0.717) is 32.7 Å². The second-order valence-electron chi connectivity index (χ2n) is 5.14. The smallest absolute Gasteiger partial charge is 0.317 e. The second-order valence-corrected chi connectivity index (χ2v) is 5.14. The molecule has 1 heterocycles. The van der Waals surface area contributed by atoms with Crippen LogP contribution in [0.4, 0.5) is 13.6 Å². The molecule has 0 aromatic heterocycles. The molecule has 2 rings (SSSR count). The van der Waals surface area contributed by atoms with Gasteiger partial charge in [0, 0.05) is 32.7 Å². The molecule has 3 amide bonds. The van der Waals surface area contributed by atoms with Gasteiger partial charge in [-0.05, 0) is 24.6 Å². The van der Waals surface area contributed by atoms with E-state index >= 15 is 0 Å². The average Bonchev–Trinajstić information content (AvgIpc) is 2.54. The molecule has 1 aliphatic rings. The van der Waals surface area contributed by atoms with Crippen LogP contribution in [0.5, 0.6) is 0 Å². The molecule has 1 aromatic rings. The molecule has 0 unspecified atom stereocenters. The van der Waals surface area contributed by atoms with E-state index < -0.39 is 17.5 Å². The van der Waals surface area contributed by atoms with Crippen LogP contribution in [-0.4, -0.2) is 54.5 Å². The molecule has 1 aliphatic heterocycles. The maximum atomic E-state index is 13.6. The molecule has 0 radical (unpaired) electrons. The van der Waals surface area contributed by atoms with E-state index in [9.17, 15) is 18.4 Å². The third kappa shape index (κ3) is 3.72. The SMILES string of the molecule is CCCNC(=O)N1CCN(C(=O)c2cc(F)ccc2F)CC1. The van der Waals surface area contributed by atoms with Crippen molar-refractivity contribution in [3.63, 3.8) is 0 Å². The molecule has 0 atom stereocenters. The van der Waals surface area contributed by atoms with Gasteiger partial charge < -0.3 is 15.1 Å². The molecule has 1 fully saturated rings. The van der Waals surface area contributed by atoms with Crippen molar-refractivity contribution < 1.29 is 18.4 Å².